The van der Waals surface area contributed by atoms with Crippen molar-refractivity contribution in [1.29, 1.82) is 0 Å². The molecule has 2 aromatic carbocycles. The van der Waals surface area contributed by atoms with Crippen LogP contribution in [0.1, 0.15) is 23.6 Å². The number of halogens is 1. The summed E-state index contributed by atoms with van der Waals surface area (Å²) in [5, 5.41) is 2.84. The lowest BCUT2D eigenvalue weighted by atomic mass is 10.1. The molecule has 148 valence electrons. The van der Waals surface area contributed by atoms with Gasteiger partial charge in [0.15, 0.2) is 0 Å². The summed E-state index contributed by atoms with van der Waals surface area (Å²) < 4.78 is 13.2. The zero-order chi connectivity index (χ0) is 20.1. The van der Waals surface area contributed by atoms with Gasteiger partial charge in [0.2, 0.25) is 5.91 Å². The van der Waals surface area contributed by atoms with Crippen LogP contribution in [0.15, 0.2) is 48.5 Å². The number of carbonyl (C=O) groups is 2. The van der Waals surface area contributed by atoms with E-state index in [1.165, 1.54) is 17.7 Å². The number of nitrogens with zero attached hydrogens (tertiary/aromatic N) is 2. The lowest BCUT2D eigenvalue weighted by Gasteiger charge is -2.39. The van der Waals surface area contributed by atoms with Gasteiger partial charge >= 0.3 is 6.03 Å². The van der Waals surface area contributed by atoms with Crippen LogP contribution in [-0.4, -0.2) is 47.4 Å². The van der Waals surface area contributed by atoms with Crippen LogP contribution in [0.25, 0.3) is 0 Å². The minimum atomic E-state index is -0.506. The second-order valence-electron chi connectivity index (χ2n) is 7.23. The topological polar surface area (TPSA) is 52.6 Å². The van der Waals surface area contributed by atoms with Crippen molar-refractivity contribution in [3.63, 3.8) is 0 Å². The Morgan fingerprint density at radius 3 is 2.61 bits per heavy atom. The number of piperazine rings is 1. The van der Waals surface area contributed by atoms with Gasteiger partial charge in [-0.15, -0.1) is 0 Å². The highest BCUT2D eigenvalue weighted by molar-refractivity contribution is 5.88. The van der Waals surface area contributed by atoms with Gasteiger partial charge in [-0.3, -0.25) is 4.79 Å². The molecule has 6 heteroatoms. The number of nitrogens with one attached hydrogen (secondary N) is 1. The van der Waals surface area contributed by atoms with Crippen molar-refractivity contribution < 1.29 is 14.0 Å². The molecule has 1 heterocycles. The Morgan fingerprint density at radius 2 is 1.89 bits per heavy atom. The van der Waals surface area contributed by atoms with Gasteiger partial charge in [-0.2, -0.15) is 0 Å². The molecule has 0 aromatic heterocycles. The average molecular weight is 383 g/mol. The van der Waals surface area contributed by atoms with E-state index in [9.17, 15) is 14.0 Å². The van der Waals surface area contributed by atoms with Crippen LogP contribution in [0, 0.1) is 12.7 Å². The molecule has 0 spiro atoms. The number of aryl methyl sites for hydroxylation is 1. The molecule has 0 radical (unpaired) electrons. The van der Waals surface area contributed by atoms with Crippen LogP contribution in [0.3, 0.4) is 0 Å². The molecule has 1 aliphatic rings. The number of carbonyl (C=O) groups excluding carboxylic acids is 2. The maximum Gasteiger partial charge on any atom is 0.318 e. The highest BCUT2D eigenvalue weighted by atomic mass is 19.1. The van der Waals surface area contributed by atoms with Gasteiger partial charge in [-0.1, -0.05) is 42.0 Å². The summed E-state index contributed by atoms with van der Waals surface area (Å²) in [5.74, 6) is -0.333. The zero-order valence-electron chi connectivity index (χ0n) is 16.3. The molecule has 5 nitrogen and oxygen atoms in total. The van der Waals surface area contributed by atoms with E-state index < -0.39 is 6.04 Å². The largest absolute Gasteiger partial charge is 0.338 e. The molecule has 1 fully saturated rings. The van der Waals surface area contributed by atoms with Gasteiger partial charge in [0.05, 0.1) is 0 Å². The van der Waals surface area contributed by atoms with Crippen molar-refractivity contribution in [2.45, 2.75) is 32.9 Å². The first-order valence-electron chi connectivity index (χ1n) is 9.57. The van der Waals surface area contributed by atoms with Crippen molar-refractivity contribution in [2.24, 2.45) is 0 Å². The summed E-state index contributed by atoms with van der Waals surface area (Å²) in [6, 6.07) is 13.7. The van der Waals surface area contributed by atoms with Gasteiger partial charge in [-0.25, -0.2) is 9.18 Å². The van der Waals surface area contributed by atoms with Crippen molar-refractivity contribution in [1.82, 2.24) is 15.1 Å². The molecule has 3 amide bonds. The van der Waals surface area contributed by atoms with E-state index in [-0.39, 0.29) is 17.8 Å². The van der Waals surface area contributed by atoms with Crippen molar-refractivity contribution in [3.05, 3.63) is 71.0 Å². The third kappa shape index (κ3) is 4.88. The molecular formula is C22H26FN3O2. The first-order valence-corrected chi connectivity index (χ1v) is 9.57. The molecule has 0 unspecified atom stereocenters. The van der Waals surface area contributed by atoms with Crippen LogP contribution in [0.4, 0.5) is 9.18 Å². The average Bonchev–Trinajstić information content (AvgIpc) is 2.67. The monoisotopic (exact) mass is 383 g/mol. The van der Waals surface area contributed by atoms with E-state index in [1.54, 1.807) is 22.8 Å². The summed E-state index contributed by atoms with van der Waals surface area (Å²) in [6.45, 7) is 5.74. The minimum Gasteiger partial charge on any atom is -0.338 e. The second kappa shape index (κ2) is 8.87. The molecule has 0 saturated carbocycles. The quantitative estimate of drug-likeness (QED) is 0.863. The van der Waals surface area contributed by atoms with E-state index >= 15 is 0 Å². The molecule has 0 aliphatic carbocycles. The molecule has 1 aliphatic heterocycles. The van der Waals surface area contributed by atoms with Gasteiger partial charge in [0, 0.05) is 26.2 Å². The lowest BCUT2D eigenvalue weighted by Crippen LogP contribution is -2.59. The Balaban J connectivity index is 1.51. The van der Waals surface area contributed by atoms with E-state index in [4.69, 9.17) is 0 Å². The fraction of sp³-hybridized carbons (Fsp3) is 0.364. The van der Waals surface area contributed by atoms with Gasteiger partial charge < -0.3 is 15.1 Å². The van der Waals surface area contributed by atoms with Crippen LogP contribution < -0.4 is 5.32 Å². The first kappa shape index (κ1) is 19.9. The molecule has 3 rings (SSSR count). The van der Waals surface area contributed by atoms with E-state index in [1.807, 2.05) is 37.3 Å². The maximum atomic E-state index is 13.2. The van der Waals surface area contributed by atoms with Crippen molar-refractivity contribution in [3.8, 4) is 0 Å². The fourth-order valence-corrected chi connectivity index (χ4v) is 3.39. The fourth-order valence-electron chi connectivity index (χ4n) is 3.39. The minimum absolute atomic E-state index is 0.0490. The lowest BCUT2D eigenvalue weighted by molar-refractivity contribution is -0.139. The molecule has 1 N–H and O–H groups in total. The number of benzene rings is 2. The number of rotatable bonds is 5. The summed E-state index contributed by atoms with van der Waals surface area (Å²) in [7, 11) is 0. The number of amides is 3. The molecule has 1 saturated heterocycles. The van der Waals surface area contributed by atoms with Gasteiger partial charge in [0.1, 0.15) is 11.9 Å². The number of urea groups is 1. The predicted octanol–water partition coefficient (Wildman–Crippen LogP) is 3.12. The molecule has 0 bridgehead atoms. The highest BCUT2D eigenvalue weighted by Gasteiger charge is 2.34. The van der Waals surface area contributed by atoms with Crippen LogP contribution in [-0.2, 0) is 17.8 Å². The number of hydrogen-bond donors (Lipinski definition) is 1. The predicted molar refractivity (Wildman–Crippen MR) is 106 cm³/mol. The second-order valence-corrected chi connectivity index (χ2v) is 7.23. The first-order chi connectivity index (χ1) is 13.4. The van der Waals surface area contributed by atoms with Gasteiger partial charge in [-0.05, 0) is 43.5 Å². The maximum absolute atomic E-state index is 13.2. The smallest absolute Gasteiger partial charge is 0.318 e. The summed E-state index contributed by atoms with van der Waals surface area (Å²) in [5.41, 5.74) is 3.09. The third-order valence-electron chi connectivity index (χ3n) is 5.08. The normalized spacial score (nSPS) is 17.0. The van der Waals surface area contributed by atoms with Crippen LogP contribution in [0.2, 0.25) is 0 Å². The molecule has 28 heavy (non-hydrogen) atoms. The summed E-state index contributed by atoms with van der Waals surface area (Å²) in [4.78, 5) is 28.6. The Labute approximate surface area is 165 Å². The Kier molecular flexibility index (Phi) is 6.29. The third-order valence-corrected chi connectivity index (χ3v) is 5.08. The van der Waals surface area contributed by atoms with E-state index in [2.05, 4.69) is 5.32 Å². The van der Waals surface area contributed by atoms with E-state index in [0.29, 0.717) is 32.6 Å². The zero-order valence-corrected chi connectivity index (χ0v) is 16.3. The standard InChI is InChI=1S/C22H26FN3O2/c1-16-6-8-19(9-7-16)15-25-12-13-26(17(2)21(25)27)22(28)24-11-10-18-4-3-5-20(23)14-18/h3-9,14,17H,10-13,15H2,1-2H3,(H,24,28)/t17-/m1/s1. The SMILES string of the molecule is Cc1ccc(CN2CCN(C(=O)NCCc3cccc(F)c3)[C@H](C)C2=O)cc1. The highest BCUT2D eigenvalue weighted by Crippen LogP contribution is 2.15. The molecule has 2 aromatic rings. The summed E-state index contributed by atoms with van der Waals surface area (Å²) >= 11 is 0. The van der Waals surface area contributed by atoms with Crippen LogP contribution in [0.5, 0.6) is 0 Å². The van der Waals surface area contributed by atoms with E-state index in [0.717, 1.165) is 11.1 Å². The van der Waals surface area contributed by atoms with Crippen LogP contribution >= 0.6 is 0 Å². The number of hydrogen-bond acceptors (Lipinski definition) is 2. The van der Waals surface area contributed by atoms with Crippen molar-refractivity contribution in [2.75, 3.05) is 19.6 Å². The Bertz CT molecular complexity index is 838. The Morgan fingerprint density at radius 1 is 1.14 bits per heavy atom. The molecular weight excluding hydrogens is 357 g/mol. The molecule has 1 atom stereocenters. The van der Waals surface area contributed by atoms with Crippen molar-refractivity contribution >= 4 is 11.9 Å². The van der Waals surface area contributed by atoms with Gasteiger partial charge in [0.25, 0.3) is 0 Å². The summed E-state index contributed by atoms with van der Waals surface area (Å²) in [6.07, 6.45) is 0.541. The Hall–Kier alpha value is -2.89.